The van der Waals surface area contributed by atoms with Crippen LogP contribution in [0.2, 0.25) is 0 Å². The van der Waals surface area contributed by atoms with Crippen molar-refractivity contribution in [2.75, 3.05) is 30.9 Å². The number of sulfone groups is 1. The second-order valence-corrected chi connectivity index (χ2v) is 9.57. The number of ether oxygens (including phenoxy) is 1. The average Bonchev–Trinajstić information content (AvgIpc) is 2.93. The molecule has 4 rings (SSSR count). The molecule has 0 saturated carbocycles. The van der Waals surface area contributed by atoms with Gasteiger partial charge in [0.05, 0.1) is 7.11 Å². The molecule has 0 N–H and O–H groups in total. The van der Waals surface area contributed by atoms with Gasteiger partial charge in [-0.15, -0.1) is 0 Å². The molecule has 0 bridgehead atoms. The van der Waals surface area contributed by atoms with Gasteiger partial charge in [0, 0.05) is 37.2 Å². The van der Waals surface area contributed by atoms with Crippen molar-refractivity contribution < 1.29 is 22.7 Å². The van der Waals surface area contributed by atoms with Crippen molar-refractivity contribution in [3.63, 3.8) is 0 Å². The molecule has 2 aliphatic heterocycles. The summed E-state index contributed by atoms with van der Waals surface area (Å²) in [4.78, 5) is 27.3. The maximum absolute atomic E-state index is 13.0. The molecule has 1 spiro atoms. The Kier molecular flexibility index (Phi) is 4.82. The number of carbonyl (C=O) groups is 2. The number of nitrogens with zero attached hydrogens (tertiary/aromatic N) is 2. The highest BCUT2D eigenvalue weighted by Crippen LogP contribution is 2.42. The fourth-order valence-corrected chi connectivity index (χ4v) is 6.23. The van der Waals surface area contributed by atoms with E-state index in [2.05, 4.69) is 0 Å². The maximum Gasteiger partial charge on any atom is 0.253 e. The summed E-state index contributed by atoms with van der Waals surface area (Å²) in [7, 11) is -2.13. The fourth-order valence-electron chi connectivity index (χ4n) is 4.22. The Hall–Kier alpha value is -2.87. The van der Waals surface area contributed by atoms with Gasteiger partial charge in [-0.05, 0) is 30.3 Å². The smallest absolute Gasteiger partial charge is 0.253 e. The van der Waals surface area contributed by atoms with Crippen LogP contribution in [0.3, 0.4) is 0 Å². The molecule has 2 aliphatic rings. The van der Waals surface area contributed by atoms with Crippen LogP contribution in [-0.4, -0.2) is 56.0 Å². The molecule has 8 heteroatoms. The molecule has 0 atom stereocenters. The van der Waals surface area contributed by atoms with E-state index in [1.165, 1.54) is 12.0 Å². The largest absolute Gasteiger partial charge is 0.497 e. The number of anilines is 1. The van der Waals surface area contributed by atoms with Crippen molar-refractivity contribution in [2.24, 2.45) is 0 Å². The molecule has 0 aromatic heterocycles. The number of benzene rings is 2. The molecule has 0 aliphatic carbocycles. The van der Waals surface area contributed by atoms with E-state index in [4.69, 9.17) is 4.74 Å². The number of hydrogen-bond donors (Lipinski definition) is 0. The number of piperidine rings is 1. The zero-order chi connectivity index (χ0) is 20.6. The van der Waals surface area contributed by atoms with E-state index in [1.807, 2.05) is 6.07 Å². The minimum absolute atomic E-state index is 0.174. The number of methoxy groups -OCH3 is 1. The fraction of sp³-hybridized carbons (Fsp3) is 0.333. The van der Waals surface area contributed by atoms with E-state index in [0.717, 1.165) is 0 Å². The Balaban J connectivity index is 1.60. The summed E-state index contributed by atoms with van der Waals surface area (Å²) in [6, 6.07) is 15.7. The molecular weight excluding hydrogens is 392 g/mol. The average molecular weight is 414 g/mol. The Morgan fingerprint density at radius 2 is 1.72 bits per heavy atom. The van der Waals surface area contributed by atoms with Gasteiger partial charge in [-0.3, -0.25) is 14.5 Å². The quantitative estimate of drug-likeness (QED) is 0.768. The molecule has 7 nitrogen and oxygen atoms in total. The van der Waals surface area contributed by atoms with Crippen LogP contribution in [0.5, 0.6) is 5.75 Å². The monoisotopic (exact) mass is 414 g/mol. The van der Waals surface area contributed by atoms with Gasteiger partial charge in [-0.1, -0.05) is 24.3 Å². The summed E-state index contributed by atoms with van der Waals surface area (Å²) in [5.74, 6) is -0.495. The molecule has 2 aromatic rings. The van der Waals surface area contributed by atoms with Gasteiger partial charge < -0.3 is 9.64 Å². The number of amides is 2. The van der Waals surface area contributed by atoms with Crippen LogP contribution < -0.4 is 9.64 Å². The van der Waals surface area contributed by atoms with Gasteiger partial charge in [0.2, 0.25) is 5.91 Å². The highest BCUT2D eigenvalue weighted by Gasteiger charge is 2.59. The predicted octanol–water partition coefficient (Wildman–Crippen LogP) is 2.09. The third-order valence-corrected chi connectivity index (χ3v) is 8.09. The van der Waals surface area contributed by atoms with Gasteiger partial charge in [0.25, 0.3) is 5.91 Å². The Labute approximate surface area is 169 Å². The molecule has 2 fully saturated rings. The number of para-hydroxylation sites is 1. The summed E-state index contributed by atoms with van der Waals surface area (Å²) in [6.45, 7) is 0.512. The molecule has 0 unspecified atom stereocenters. The lowest BCUT2D eigenvalue weighted by atomic mass is 10.00. The Bertz CT molecular complexity index is 1040. The third kappa shape index (κ3) is 3.17. The van der Waals surface area contributed by atoms with Crippen LogP contribution in [-0.2, 0) is 14.6 Å². The van der Waals surface area contributed by atoms with Crippen molar-refractivity contribution in [3.8, 4) is 5.75 Å². The summed E-state index contributed by atoms with van der Waals surface area (Å²) >= 11 is 0. The van der Waals surface area contributed by atoms with Crippen molar-refractivity contribution in [1.29, 1.82) is 0 Å². The first kappa shape index (κ1) is 19.4. The van der Waals surface area contributed by atoms with Gasteiger partial charge >= 0.3 is 0 Å². The summed E-state index contributed by atoms with van der Waals surface area (Å²) in [5, 5.41) is 0. The summed E-state index contributed by atoms with van der Waals surface area (Å²) < 4.78 is 31.1. The van der Waals surface area contributed by atoms with Gasteiger partial charge in [-0.2, -0.15) is 0 Å². The van der Waals surface area contributed by atoms with E-state index in [9.17, 15) is 18.0 Å². The van der Waals surface area contributed by atoms with Crippen LogP contribution in [0, 0.1) is 0 Å². The van der Waals surface area contributed by atoms with E-state index in [1.54, 1.807) is 53.4 Å². The molecule has 2 heterocycles. The highest BCUT2D eigenvalue weighted by molar-refractivity contribution is 7.94. The molecule has 29 heavy (non-hydrogen) atoms. The Morgan fingerprint density at radius 3 is 2.38 bits per heavy atom. The zero-order valence-corrected chi connectivity index (χ0v) is 16.9. The molecule has 2 aromatic carbocycles. The molecule has 2 amide bonds. The lowest BCUT2D eigenvalue weighted by Crippen LogP contribution is -2.57. The second-order valence-electron chi connectivity index (χ2n) is 7.29. The lowest BCUT2D eigenvalue weighted by Gasteiger charge is -2.43. The van der Waals surface area contributed by atoms with E-state index >= 15 is 0 Å². The highest BCUT2D eigenvalue weighted by atomic mass is 32.2. The van der Waals surface area contributed by atoms with Crippen LogP contribution in [0.25, 0.3) is 0 Å². The van der Waals surface area contributed by atoms with Crippen LogP contribution in [0.1, 0.15) is 23.2 Å². The normalized spacial score (nSPS) is 20.1. The number of likely N-dealkylation sites (tertiary alicyclic amines) is 1. The molecule has 0 radical (unpaired) electrons. The lowest BCUT2D eigenvalue weighted by molar-refractivity contribution is -0.116. The minimum Gasteiger partial charge on any atom is -0.497 e. The number of rotatable bonds is 3. The van der Waals surface area contributed by atoms with Crippen LogP contribution in [0.4, 0.5) is 5.69 Å². The van der Waals surface area contributed by atoms with Crippen LogP contribution in [0.15, 0.2) is 54.6 Å². The van der Waals surface area contributed by atoms with Crippen molar-refractivity contribution in [2.45, 2.75) is 17.7 Å². The van der Waals surface area contributed by atoms with Crippen molar-refractivity contribution >= 4 is 27.3 Å². The Morgan fingerprint density at radius 1 is 1.03 bits per heavy atom. The molecular formula is C21H22N2O5S. The molecule has 2 saturated heterocycles. The van der Waals surface area contributed by atoms with Gasteiger partial charge in [0.15, 0.2) is 14.7 Å². The van der Waals surface area contributed by atoms with E-state index in [-0.39, 0.29) is 31.8 Å². The second kappa shape index (κ2) is 7.18. The van der Waals surface area contributed by atoms with Gasteiger partial charge in [0.1, 0.15) is 11.5 Å². The van der Waals surface area contributed by atoms with E-state index in [0.29, 0.717) is 17.0 Å². The van der Waals surface area contributed by atoms with Gasteiger partial charge in [-0.25, -0.2) is 8.42 Å². The topological polar surface area (TPSA) is 84.0 Å². The van der Waals surface area contributed by atoms with Crippen LogP contribution >= 0.6 is 0 Å². The first-order valence-electron chi connectivity index (χ1n) is 9.42. The van der Waals surface area contributed by atoms with Crippen molar-refractivity contribution in [3.05, 3.63) is 60.2 Å². The number of carbonyl (C=O) groups excluding carboxylic acids is 2. The van der Waals surface area contributed by atoms with Crippen molar-refractivity contribution in [1.82, 2.24) is 4.90 Å². The minimum atomic E-state index is -3.66. The SMILES string of the molecule is COc1cccc(C(=O)N2CCC3(CC2)N(c2ccccc2)C(=O)CS3(=O)=O)c1. The molecule has 152 valence electrons. The third-order valence-electron chi connectivity index (χ3n) is 5.71. The standard InChI is InChI=1S/C21H22N2O5S/c1-28-18-9-5-6-16(14-18)20(25)22-12-10-21(11-13-22)23(17-7-3-2-4-8-17)19(24)15-29(21,26)27/h2-9,14H,10-13,15H2,1H3. The predicted molar refractivity (Wildman–Crippen MR) is 109 cm³/mol. The van der Waals surface area contributed by atoms with E-state index < -0.39 is 26.4 Å². The summed E-state index contributed by atoms with van der Waals surface area (Å²) in [5.41, 5.74) is 1.07. The zero-order valence-electron chi connectivity index (χ0n) is 16.1. The first-order chi connectivity index (χ1) is 13.9. The maximum atomic E-state index is 13.0. The number of hydrogen-bond acceptors (Lipinski definition) is 5. The summed E-state index contributed by atoms with van der Waals surface area (Å²) in [6.07, 6.45) is 0.372. The first-order valence-corrected chi connectivity index (χ1v) is 11.1.